The van der Waals surface area contributed by atoms with E-state index in [1.165, 1.54) is 22.7 Å². The Balaban J connectivity index is 1.21. The number of hydrogen-bond acceptors (Lipinski definition) is 7. The topological polar surface area (TPSA) is 150 Å². The molecule has 3 aliphatic rings. The molecular formula is C27H27N7O5. The number of aromatic amines is 1. The monoisotopic (exact) mass is 529 g/mol. The lowest BCUT2D eigenvalue weighted by Crippen LogP contribution is -2.42. The standard InChI is InChI=1S/C27H27N7O5/c1-15(35)29-27-30-23-22(24(37)31-27)33(14-28-23)13-19(36)32(12-16-5-3-2-4-6-16)9-10-34-25(38)20-17-7-8-18(11-17)21(20)26(34)39/h2-8,14,17-18,20-21H,9-13H2,1H3,(H2,29,30,31,35,37)/t17-,18+,20+,21-. The largest absolute Gasteiger partial charge is 0.335 e. The predicted molar refractivity (Wildman–Crippen MR) is 139 cm³/mol. The summed E-state index contributed by atoms with van der Waals surface area (Å²) in [5.41, 5.74) is 0.524. The Morgan fingerprint density at radius 2 is 1.77 bits per heavy atom. The lowest BCUT2D eigenvalue weighted by molar-refractivity contribution is -0.142. The van der Waals surface area contributed by atoms with Crippen LogP contribution in [0.2, 0.25) is 0 Å². The van der Waals surface area contributed by atoms with Crippen molar-refractivity contribution >= 4 is 40.7 Å². The molecule has 2 aliphatic carbocycles. The highest BCUT2D eigenvalue weighted by Crippen LogP contribution is 2.52. The van der Waals surface area contributed by atoms with E-state index >= 15 is 0 Å². The zero-order chi connectivity index (χ0) is 27.3. The summed E-state index contributed by atoms with van der Waals surface area (Å²) < 4.78 is 1.40. The summed E-state index contributed by atoms with van der Waals surface area (Å²) in [5.74, 6) is -1.38. The number of likely N-dealkylation sites (tertiary alicyclic amines) is 1. The molecule has 3 heterocycles. The minimum atomic E-state index is -0.549. The molecule has 39 heavy (non-hydrogen) atoms. The number of fused-ring (bicyclic) bond motifs is 6. The van der Waals surface area contributed by atoms with Crippen molar-refractivity contribution in [1.29, 1.82) is 0 Å². The van der Waals surface area contributed by atoms with Gasteiger partial charge < -0.3 is 9.47 Å². The van der Waals surface area contributed by atoms with E-state index in [2.05, 4.69) is 32.4 Å². The number of rotatable bonds is 8. The van der Waals surface area contributed by atoms with Crippen LogP contribution in [0.5, 0.6) is 0 Å². The molecule has 3 aromatic rings. The van der Waals surface area contributed by atoms with Gasteiger partial charge in [-0.15, -0.1) is 0 Å². The Labute approximate surface area is 222 Å². The normalized spacial score (nSPS) is 23.1. The van der Waals surface area contributed by atoms with Crippen LogP contribution < -0.4 is 10.9 Å². The molecule has 6 rings (SSSR count). The first kappa shape index (κ1) is 24.7. The van der Waals surface area contributed by atoms with Gasteiger partial charge in [0.25, 0.3) is 5.56 Å². The molecular weight excluding hydrogens is 502 g/mol. The van der Waals surface area contributed by atoms with Gasteiger partial charge in [0, 0.05) is 26.6 Å². The number of carbonyl (C=O) groups excluding carboxylic acids is 4. The molecule has 0 unspecified atom stereocenters. The smallest absolute Gasteiger partial charge is 0.278 e. The zero-order valence-electron chi connectivity index (χ0n) is 21.2. The van der Waals surface area contributed by atoms with E-state index in [0.717, 1.165) is 12.0 Å². The molecule has 1 aromatic carbocycles. The second-order valence-corrected chi connectivity index (χ2v) is 10.3. The van der Waals surface area contributed by atoms with Gasteiger partial charge in [-0.25, -0.2) is 4.98 Å². The fourth-order valence-corrected chi connectivity index (χ4v) is 6.08. The fraction of sp³-hybridized carbons (Fsp3) is 0.370. The molecule has 0 spiro atoms. The van der Waals surface area contributed by atoms with Gasteiger partial charge in [-0.3, -0.25) is 39.2 Å². The maximum absolute atomic E-state index is 13.5. The van der Waals surface area contributed by atoms with E-state index in [9.17, 15) is 24.0 Å². The number of nitrogens with one attached hydrogen (secondary N) is 2. The fourth-order valence-electron chi connectivity index (χ4n) is 6.08. The number of allylic oxidation sites excluding steroid dienone is 2. The van der Waals surface area contributed by atoms with Crippen molar-refractivity contribution < 1.29 is 19.2 Å². The van der Waals surface area contributed by atoms with Crippen LogP contribution in [0.3, 0.4) is 0 Å². The molecule has 2 aromatic heterocycles. The van der Waals surface area contributed by atoms with Crippen LogP contribution in [0.15, 0.2) is 53.6 Å². The first-order valence-corrected chi connectivity index (χ1v) is 12.9. The molecule has 1 saturated carbocycles. The van der Waals surface area contributed by atoms with E-state index in [1.807, 2.05) is 30.3 Å². The Bertz CT molecular complexity index is 1550. The highest BCUT2D eigenvalue weighted by Gasteiger charge is 2.59. The maximum atomic E-state index is 13.5. The third-order valence-corrected chi connectivity index (χ3v) is 7.81. The molecule has 12 heteroatoms. The van der Waals surface area contributed by atoms with E-state index in [-0.39, 0.29) is 84.7 Å². The zero-order valence-corrected chi connectivity index (χ0v) is 21.2. The minimum absolute atomic E-state index is 0.0318. The van der Waals surface area contributed by atoms with Crippen LogP contribution in [0.4, 0.5) is 5.95 Å². The molecule has 200 valence electrons. The third kappa shape index (κ3) is 4.41. The van der Waals surface area contributed by atoms with Crippen molar-refractivity contribution in [3.8, 4) is 0 Å². The van der Waals surface area contributed by atoms with Crippen molar-refractivity contribution in [2.24, 2.45) is 23.7 Å². The Hall–Kier alpha value is -4.61. The average Bonchev–Trinajstić information content (AvgIpc) is 3.67. The second kappa shape index (κ2) is 9.61. The third-order valence-electron chi connectivity index (χ3n) is 7.81. The van der Waals surface area contributed by atoms with E-state index in [0.29, 0.717) is 0 Å². The van der Waals surface area contributed by atoms with E-state index in [1.54, 1.807) is 4.90 Å². The van der Waals surface area contributed by atoms with Crippen LogP contribution in [0, 0.1) is 23.7 Å². The van der Waals surface area contributed by atoms with Gasteiger partial charge in [0.15, 0.2) is 11.2 Å². The number of H-pyrrole nitrogens is 1. The van der Waals surface area contributed by atoms with Gasteiger partial charge in [-0.1, -0.05) is 42.5 Å². The van der Waals surface area contributed by atoms with Crippen LogP contribution in [-0.2, 0) is 32.3 Å². The molecule has 2 bridgehead atoms. The van der Waals surface area contributed by atoms with E-state index in [4.69, 9.17) is 0 Å². The first-order valence-electron chi connectivity index (χ1n) is 12.9. The van der Waals surface area contributed by atoms with Gasteiger partial charge in [0.2, 0.25) is 29.6 Å². The number of anilines is 1. The molecule has 12 nitrogen and oxygen atoms in total. The Morgan fingerprint density at radius 3 is 2.44 bits per heavy atom. The number of carbonyl (C=O) groups is 4. The van der Waals surface area contributed by atoms with Crippen LogP contribution in [0.25, 0.3) is 11.2 Å². The van der Waals surface area contributed by atoms with Crippen molar-refractivity contribution in [3.63, 3.8) is 0 Å². The number of aromatic nitrogens is 4. The van der Waals surface area contributed by atoms with Gasteiger partial charge in [-0.2, -0.15) is 4.98 Å². The number of benzene rings is 1. The Kier molecular flexibility index (Phi) is 6.09. The van der Waals surface area contributed by atoms with Crippen molar-refractivity contribution in [1.82, 2.24) is 29.3 Å². The molecule has 2 fully saturated rings. The van der Waals surface area contributed by atoms with Gasteiger partial charge in [0.1, 0.15) is 6.54 Å². The average molecular weight is 530 g/mol. The first-order chi connectivity index (χ1) is 18.8. The number of hydrogen-bond donors (Lipinski definition) is 2. The van der Waals surface area contributed by atoms with Crippen molar-refractivity contribution in [2.75, 3.05) is 18.4 Å². The van der Waals surface area contributed by atoms with Crippen LogP contribution >= 0.6 is 0 Å². The highest BCUT2D eigenvalue weighted by molar-refractivity contribution is 6.06. The predicted octanol–water partition coefficient (Wildman–Crippen LogP) is 0.914. The van der Waals surface area contributed by atoms with E-state index < -0.39 is 11.5 Å². The lowest BCUT2D eigenvalue weighted by Gasteiger charge is -2.26. The van der Waals surface area contributed by atoms with Gasteiger partial charge in [0.05, 0.1) is 18.2 Å². The molecule has 4 amide bonds. The summed E-state index contributed by atoms with van der Waals surface area (Å²) in [6.07, 6.45) is 6.31. The number of imide groups is 1. The molecule has 0 radical (unpaired) electrons. The number of amides is 4. The SMILES string of the molecule is CC(=O)Nc1nc2ncn(CC(=O)N(CCN3C(=O)[C@@H]4[C@H](C3=O)[C@H]3C=C[C@@H]4C3)Cc3ccccc3)c2c(=O)[nH]1. The van der Waals surface area contributed by atoms with Crippen molar-refractivity contribution in [2.45, 2.75) is 26.4 Å². The Morgan fingerprint density at radius 1 is 1.08 bits per heavy atom. The van der Waals surface area contributed by atoms with Crippen LogP contribution in [0.1, 0.15) is 18.9 Å². The van der Waals surface area contributed by atoms with Crippen molar-refractivity contribution in [3.05, 3.63) is 64.7 Å². The summed E-state index contributed by atoms with van der Waals surface area (Å²) in [6.45, 7) is 1.62. The summed E-state index contributed by atoms with van der Waals surface area (Å²) in [5, 5.41) is 2.41. The summed E-state index contributed by atoms with van der Waals surface area (Å²) in [4.78, 5) is 77.5. The second-order valence-electron chi connectivity index (χ2n) is 10.3. The maximum Gasteiger partial charge on any atom is 0.278 e. The highest BCUT2D eigenvalue weighted by atomic mass is 16.2. The quantitative estimate of drug-likeness (QED) is 0.325. The molecule has 1 aliphatic heterocycles. The number of imidazole rings is 1. The molecule has 4 atom stereocenters. The number of nitrogens with zero attached hydrogens (tertiary/aromatic N) is 5. The van der Waals surface area contributed by atoms with Crippen LogP contribution in [-0.4, -0.2) is 66.0 Å². The minimum Gasteiger partial charge on any atom is -0.335 e. The summed E-state index contributed by atoms with van der Waals surface area (Å²) >= 11 is 0. The summed E-state index contributed by atoms with van der Waals surface area (Å²) in [7, 11) is 0. The lowest BCUT2D eigenvalue weighted by atomic mass is 9.85. The van der Waals surface area contributed by atoms with Gasteiger partial charge >= 0.3 is 0 Å². The summed E-state index contributed by atoms with van der Waals surface area (Å²) in [6, 6.07) is 9.41. The molecule has 2 N–H and O–H groups in total. The molecule has 1 saturated heterocycles. The van der Waals surface area contributed by atoms with Gasteiger partial charge in [-0.05, 0) is 23.8 Å².